The van der Waals surface area contributed by atoms with E-state index >= 15 is 0 Å². The molecule has 0 aliphatic rings. The van der Waals surface area contributed by atoms with Gasteiger partial charge in [0.1, 0.15) is 0 Å². The van der Waals surface area contributed by atoms with Crippen LogP contribution in [0.15, 0.2) is 18.2 Å². The average Bonchev–Trinajstić information content (AvgIpc) is 2.64. The number of rotatable bonds is 2. The molecule has 0 radical (unpaired) electrons. The third kappa shape index (κ3) is 2.25. The van der Waals surface area contributed by atoms with E-state index in [2.05, 4.69) is 9.94 Å². The minimum Gasteiger partial charge on any atom is -0.294 e. The van der Waals surface area contributed by atoms with Crippen molar-refractivity contribution in [1.29, 1.82) is 0 Å². The second-order valence-corrected chi connectivity index (χ2v) is 4.67. The molecule has 1 aromatic heterocycles. The Morgan fingerprint density at radius 3 is 2.58 bits per heavy atom. The molecule has 0 saturated carbocycles. The van der Waals surface area contributed by atoms with Crippen molar-refractivity contribution < 1.29 is 4.79 Å². The molecular formula is C14H12ClN3O. The molecule has 0 saturated heterocycles. The Morgan fingerprint density at radius 2 is 2.11 bits per heavy atom. The number of hydrogen-bond acceptors (Lipinski definition) is 2. The van der Waals surface area contributed by atoms with Gasteiger partial charge in [0.25, 0.3) is 0 Å². The first-order chi connectivity index (χ1) is 8.95. The Balaban J connectivity index is 2.61. The molecule has 0 unspecified atom stereocenters. The summed E-state index contributed by atoms with van der Waals surface area (Å²) in [7, 11) is 0. The lowest BCUT2D eigenvalue weighted by Gasteiger charge is -2.06. The monoisotopic (exact) mass is 273 g/mol. The van der Waals surface area contributed by atoms with Gasteiger partial charge in [-0.2, -0.15) is 5.10 Å². The molecule has 19 heavy (non-hydrogen) atoms. The summed E-state index contributed by atoms with van der Waals surface area (Å²) >= 11 is 6.02. The third-order valence-corrected chi connectivity index (χ3v) is 3.24. The number of carbonyl (C=O) groups excluding carboxylic acids is 1. The van der Waals surface area contributed by atoms with Crippen molar-refractivity contribution in [1.82, 2.24) is 9.78 Å². The maximum Gasteiger partial charge on any atom is 0.205 e. The predicted octanol–water partition coefficient (Wildman–Crippen LogP) is 3.90. The van der Waals surface area contributed by atoms with Gasteiger partial charge in [-0.1, -0.05) is 17.7 Å². The molecule has 0 spiro atoms. The van der Waals surface area contributed by atoms with Crippen LogP contribution in [0.4, 0.5) is 5.69 Å². The van der Waals surface area contributed by atoms with Crippen LogP contribution in [0.3, 0.4) is 0 Å². The number of carbonyl (C=O) groups is 1. The van der Waals surface area contributed by atoms with Gasteiger partial charge in [-0.3, -0.25) is 4.79 Å². The van der Waals surface area contributed by atoms with Crippen LogP contribution in [0.1, 0.15) is 28.7 Å². The summed E-state index contributed by atoms with van der Waals surface area (Å²) < 4.78 is 1.67. The Bertz CT molecular complexity index is 710. The molecule has 2 aromatic rings. The maximum atomic E-state index is 11.6. The minimum absolute atomic E-state index is 0.00914. The quantitative estimate of drug-likeness (QED) is 0.615. The highest BCUT2D eigenvalue weighted by Gasteiger charge is 2.16. The lowest BCUT2D eigenvalue weighted by atomic mass is 10.1. The van der Waals surface area contributed by atoms with Crippen molar-refractivity contribution in [2.24, 2.45) is 0 Å². The Kier molecular flexibility index (Phi) is 3.41. The van der Waals surface area contributed by atoms with Gasteiger partial charge in [0.2, 0.25) is 5.69 Å². The number of nitrogens with zero attached hydrogens (tertiary/aromatic N) is 3. The minimum atomic E-state index is -0.00914. The average molecular weight is 274 g/mol. The van der Waals surface area contributed by atoms with Crippen molar-refractivity contribution in [2.75, 3.05) is 0 Å². The SMILES string of the molecule is [C-]#[N+]c1ccc(-n2nc(C)c(C(C)=O)c2C)cc1Cl. The van der Waals surface area contributed by atoms with Crippen molar-refractivity contribution in [2.45, 2.75) is 20.8 Å². The fourth-order valence-corrected chi connectivity index (χ4v) is 2.34. The Labute approximate surface area is 116 Å². The third-order valence-electron chi connectivity index (χ3n) is 2.94. The molecule has 0 fully saturated rings. The van der Waals surface area contributed by atoms with Gasteiger partial charge >= 0.3 is 0 Å². The number of ketones is 1. The van der Waals surface area contributed by atoms with Gasteiger partial charge in [-0.25, -0.2) is 9.53 Å². The number of benzene rings is 1. The largest absolute Gasteiger partial charge is 0.294 e. The van der Waals surface area contributed by atoms with Crippen LogP contribution in [0.25, 0.3) is 10.5 Å². The first-order valence-corrected chi connectivity index (χ1v) is 6.08. The maximum absolute atomic E-state index is 11.6. The second-order valence-electron chi connectivity index (χ2n) is 4.26. The summed E-state index contributed by atoms with van der Waals surface area (Å²) in [6, 6.07) is 5.09. The molecule has 0 amide bonds. The fourth-order valence-electron chi connectivity index (χ4n) is 2.12. The molecule has 0 bridgehead atoms. The van der Waals surface area contributed by atoms with E-state index in [9.17, 15) is 4.79 Å². The molecule has 0 aliphatic heterocycles. The molecule has 0 aliphatic carbocycles. The zero-order chi connectivity index (χ0) is 14.2. The summed E-state index contributed by atoms with van der Waals surface area (Å²) in [5.74, 6) is -0.00914. The van der Waals surface area contributed by atoms with Crippen LogP contribution < -0.4 is 0 Å². The van der Waals surface area contributed by atoms with E-state index in [1.54, 1.807) is 29.8 Å². The summed E-state index contributed by atoms with van der Waals surface area (Å²) in [6.07, 6.45) is 0. The predicted molar refractivity (Wildman–Crippen MR) is 74.3 cm³/mol. The first kappa shape index (κ1) is 13.3. The van der Waals surface area contributed by atoms with Gasteiger partial charge in [0.15, 0.2) is 5.78 Å². The lowest BCUT2D eigenvalue weighted by Crippen LogP contribution is -2.01. The highest BCUT2D eigenvalue weighted by molar-refractivity contribution is 6.33. The Hall–Kier alpha value is -2.12. The summed E-state index contributed by atoms with van der Waals surface area (Å²) in [5.41, 5.74) is 3.24. The first-order valence-electron chi connectivity index (χ1n) is 5.70. The number of hydrogen-bond donors (Lipinski definition) is 0. The van der Waals surface area contributed by atoms with Crippen LogP contribution in [0, 0.1) is 20.4 Å². The zero-order valence-electron chi connectivity index (χ0n) is 10.9. The smallest absolute Gasteiger partial charge is 0.205 e. The van der Waals surface area contributed by atoms with E-state index in [0.29, 0.717) is 22.0 Å². The van der Waals surface area contributed by atoms with Gasteiger partial charge in [0.05, 0.1) is 29.2 Å². The fraction of sp³-hybridized carbons (Fsp3) is 0.214. The van der Waals surface area contributed by atoms with Crippen LogP contribution in [0.5, 0.6) is 0 Å². The molecule has 2 rings (SSSR count). The molecule has 1 heterocycles. The highest BCUT2D eigenvalue weighted by atomic mass is 35.5. The molecule has 5 heteroatoms. The van der Waals surface area contributed by atoms with E-state index in [0.717, 1.165) is 11.4 Å². The molecule has 1 aromatic carbocycles. The van der Waals surface area contributed by atoms with Crippen LogP contribution in [-0.4, -0.2) is 15.6 Å². The zero-order valence-corrected chi connectivity index (χ0v) is 11.6. The Morgan fingerprint density at radius 1 is 1.42 bits per heavy atom. The van der Waals surface area contributed by atoms with Crippen molar-refractivity contribution in [3.63, 3.8) is 0 Å². The van der Waals surface area contributed by atoms with Gasteiger partial charge in [0, 0.05) is 5.02 Å². The van der Waals surface area contributed by atoms with Gasteiger partial charge in [-0.05, 0) is 32.9 Å². The highest BCUT2D eigenvalue weighted by Crippen LogP contribution is 2.28. The molecular weight excluding hydrogens is 262 g/mol. The number of aromatic nitrogens is 2. The number of halogens is 1. The summed E-state index contributed by atoms with van der Waals surface area (Å²) in [4.78, 5) is 14.9. The summed E-state index contributed by atoms with van der Waals surface area (Å²) in [5, 5.41) is 4.74. The molecule has 96 valence electrons. The van der Waals surface area contributed by atoms with Gasteiger partial charge in [-0.15, -0.1) is 0 Å². The van der Waals surface area contributed by atoms with E-state index in [4.69, 9.17) is 18.2 Å². The lowest BCUT2D eigenvalue weighted by molar-refractivity contribution is 0.101. The van der Waals surface area contributed by atoms with Crippen LogP contribution in [-0.2, 0) is 0 Å². The second kappa shape index (κ2) is 4.87. The van der Waals surface area contributed by atoms with E-state index in [1.807, 2.05) is 6.92 Å². The van der Waals surface area contributed by atoms with E-state index in [-0.39, 0.29) is 5.78 Å². The van der Waals surface area contributed by atoms with Crippen LogP contribution in [0.2, 0.25) is 5.02 Å². The standard InChI is InChI=1S/C14H12ClN3O/c1-8-14(10(3)19)9(2)18(17-8)11-5-6-13(16-4)12(15)7-11/h5-7H,1-3H3. The van der Waals surface area contributed by atoms with Crippen LogP contribution >= 0.6 is 11.6 Å². The summed E-state index contributed by atoms with van der Waals surface area (Å²) in [6.45, 7) is 12.1. The molecule has 0 atom stereocenters. The van der Waals surface area contributed by atoms with Gasteiger partial charge < -0.3 is 0 Å². The number of aryl methyl sites for hydroxylation is 1. The normalized spacial score (nSPS) is 10.3. The van der Waals surface area contributed by atoms with Crippen molar-refractivity contribution in [3.8, 4) is 5.69 Å². The van der Waals surface area contributed by atoms with E-state index < -0.39 is 0 Å². The topological polar surface area (TPSA) is 39.2 Å². The van der Waals surface area contributed by atoms with E-state index in [1.165, 1.54) is 6.92 Å². The number of Topliss-reactive ketones (excluding diaryl/α,β-unsaturated/α-hetero) is 1. The molecule has 4 nitrogen and oxygen atoms in total. The van der Waals surface area contributed by atoms with Crippen molar-refractivity contribution >= 4 is 23.1 Å². The molecule has 0 N–H and O–H groups in total. The van der Waals surface area contributed by atoms with Crippen molar-refractivity contribution in [3.05, 3.63) is 51.6 Å².